The van der Waals surface area contributed by atoms with Crippen LogP contribution in [-0.2, 0) is 0 Å². The van der Waals surface area contributed by atoms with Crippen LogP contribution in [0, 0.1) is 0 Å². The molecule has 0 aliphatic rings. The van der Waals surface area contributed by atoms with E-state index in [2.05, 4.69) is 64.9 Å². The molecule has 0 aromatic carbocycles. The van der Waals surface area contributed by atoms with Crippen molar-refractivity contribution < 1.29 is 0 Å². The van der Waals surface area contributed by atoms with Crippen LogP contribution in [0.2, 0.25) is 0 Å². The van der Waals surface area contributed by atoms with Gasteiger partial charge in [0, 0.05) is 18.9 Å². The third-order valence-corrected chi connectivity index (χ3v) is 1.59. The van der Waals surface area contributed by atoms with Crippen molar-refractivity contribution in [1.29, 1.82) is 0 Å². The topological polar surface area (TPSA) is 3.24 Å². The maximum absolute atomic E-state index is 2.18. The summed E-state index contributed by atoms with van der Waals surface area (Å²) in [5, 5.41) is 0. The quantitative estimate of drug-likeness (QED) is 0.597. The Morgan fingerprint density at radius 2 is 1.54 bits per heavy atom. The van der Waals surface area contributed by atoms with E-state index in [9.17, 15) is 0 Å². The van der Waals surface area contributed by atoms with Crippen LogP contribution >= 0.6 is 0 Å². The Labute approximate surface area is 82.4 Å². The highest BCUT2D eigenvalue weighted by molar-refractivity contribution is 5.22. The van der Waals surface area contributed by atoms with E-state index >= 15 is 0 Å². The van der Waals surface area contributed by atoms with Gasteiger partial charge in [-0.15, -0.1) is 0 Å². The summed E-state index contributed by atoms with van der Waals surface area (Å²) in [5.74, 6) is 0. The monoisotopic (exact) mass is 179 g/mol. The van der Waals surface area contributed by atoms with Crippen molar-refractivity contribution >= 4 is 0 Å². The lowest BCUT2D eigenvalue weighted by Gasteiger charge is -2.16. The van der Waals surface area contributed by atoms with Crippen LogP contribution in [0.15, 0.2) is 35.2 Å². The fourth-order valence-electron chi connectivity index (χ4n) is 1.15. The summed E-state index contributed by atoms with van der Waals surface area (Å²) in [4.78, 5) is 2.14. The Morgan fingerprint density at radius 3 is 1.85 bits per heavy atom. The molecule has 0 aromatic heterocycles. The Kier molecular flexibility index (Phi) is 5.20. The van der Waals surface area contributed by atoms with Crippen LogP contribution in [0.4, 0.5) is 0 Å². The average molecular weight is 179 g/mol. The average Bonchev–Trinajstić information content (AvgIpc) is 1.98. The minimum Gasteiger partial charge on any atom is -0.351 e. The van der Waals surface area contributed by atoms with Gasteiger partial charge in [0.2, 0.25) is 0 Å². The summed E-state index contributed by atoms with van der Waals surface area (Å²) in [7, 11) is 2.07. The number of allylic oxidation sites excluding steroid dienone is 4. The maximum atomic E-state index is 2.18. The number of hydrogen-bond donors (Lipinski definition) is 0. The zero-order valence-electron chi connectivity index (χ0n) is 9.68. The standard InChI is InChI=1S/C12H21N/c1-7-12(8-10(2)3)13(6)9-11(4)5/h7-9H,1-6H3/b12-7+. The van der Waals surface area contributed by atoms with Crippen LogP contribution in [0.3, 0.4) is 0 Å². The van der Waals surface area contributed by atoms with E-state index in [-0.39, 0.29) is 0 Å². The molecule has 0 aliphatic carbocycles. The Hall–Kier alpha value is -0.980. The summed E-state index contributed by atoms with van der Waals surface area (Å²) in [5.41, 5.74) is 3.87. The van der Waals surface area contributed by atoms with Crippen molar-refractivity contribution in [2.24, 2.45) is 0 Å². The zero-order chi connectivity index (χ0) is 10.4. The van der Waals surface area contributed by atoms with E-state index in [4.69, 9.17) is 0 Å². The number of nitrogens with zero attached hydrogens (tertiary/aromatic N) is 1. The maximum Gasteiger partial charge on any atom is 0.0359 e. The predicted octanol–water partition coefficient (Wildman–Crippen LogP) is 3.71. The van der Waals surface area contributed by atoms with E-state index in [1.54, 1.807) is 0 Å². The van der Waals surface area contributed by atoms with Gasteiger partial charge in [-0.3, -0.25) is 0 Å². The van der Waals surface area contributed by atoms with E-state index < -0.39 is 0 Å². The Balaban J connectivity index is 4.63. The molecule has 0 spiro atoms. The lowest BCUT2D eigenvalue weighted by molar-refractivity contribution is 0.580. The number of likely N-dealkylation sites (N-methyl/N-ethyl adjacent to an activating group) is 1. The lowest BCUT2D eigenvalue weighted by atomic mass is 10.2. The van der Waals surface area contributed by atoms with Crippen LogP contribution in [-0.4, -0.2) is 11.9 Å². The molecule has 74 valence electrons. The third-order valence-electron chi connectivity index (χ3n) is 1.59. The highest BCUT2D eigenvalue weighted by Gasteiger charge is 1.96. The van der Waals surface area contributed by atoms with Crippen LogP contribution in [0.25, 0.3) is 0 Å². The van der Waals surface area contributed by atoms with E-state index in [0.717, 1.165) is 0 Å². The van der Waals surface area contributed by atoms with Gasteiger partial charge < -0.3 is 4.90 Å². The summed E-state index contributed by atoms with van der Waals surface area (Å²) >= 11 is 0. The van der Waals surface area contributed by atoms with Crippen LogP contribution in [0.1, 0.15) is 34.6 Å². The molecule has 0 fully saturated rings. The molecule has 1 nitrogen and oxygen atoms in total. The van der Waals surface area contributed by atoms with Crippen molar-refractivity contribution in [2.75, 3.05) is 7.05 Å². The Morgan fingerprint density at radius 1 is 1.00 bits per heavy atom. The molecule has 0 aromatic rings. The van der Waals surface area contributed by atoms with Gasteiger partial charge in [0.1, 0.15) is 0 Å². The van der Waals surface area contributed by atoms with Crippen LogP contribution < -0.4 is 0 Å². The third kappa shape index (κ3) is 5.29. The fraction of sp³-hybridized carbons (Fsp3) is 0.500. The summed E-state index contributed by atoms with van der Waals surface area (Å²) in [6.45, 7) is 10.5. The minimum atomic E-state index is 1.24. The highest BCUT2D eigenvalue weighted by atomic mass is 15.1. The van der Waals surface area contributed by atoms with Crippen molar-refractivity contribution in [3.8, 4) is 0 Å². The highest BCUT2D eigenvalue weighted by Crippen LogP contribution is 2.08. The smallest absolute Gasteiger partial charge is 0.0359 e. The first-order valence-corrected chi connectivity index (χ1v) is 4.66. The number of rotatable bonds is 3. The molecule has 0 aliphatic heterocycles. The van der Waals surface area contributed by atoms with Crippen molar-refractivity contribution in [2.45, 2.75) is 34.6 Å². The largest absolute Gasteiger partial charge is 0.351 e. The predicted molar refractivity (Wildman–Crippen MR) is 60.4 cm³/mol. The molecule has 0 atom stereocenters. The molecule has 0 unspecified atom stereocenters. The van der Waals surface area contributed by atoms with Crippen molar-refractivity contribution in [3.63, 3.8) is 0 Å². The lowest BCUT2D eigenvalue weighted by Crippen LogP contribution is -2.08. The van der Waals surface area contributed by atoms with Gasteiger partial charge in [0.05, 0.1) is 0 Å². The zero-order valence-corrected chi connectivity index (χ0v) is 9.68. The van der Waals surface area contributed by atoms with Crippen molar-refractivity contribution in [1.82, 2.24) is 4.90 Å². The normalized spacial score (nSPS) is 10.8. The fourth-order valence-corrected chi connectivity index (χ4v) is 1.15. The molecule has 0 radical (unpaired) electrons. The number of hydrogen-bond acceptors (Lipinski definition) is 1. The molecule has 0 bridgehead atoms. The van der Waals surface area contributed by atoms with Gasteiger partial charge in [0.25, 0.3) is 0 Å². The first-order chi connectivity index (χ1) is 5.97. The SMILES string of the molecule is C/C=C(\C=C(C)C)N(C)C=C(C)C. The molecule has 0 saturated heterocycles. The summed E-state index contributed by atoms with van der Waals surface area (Å²) in [6.07, 6.45) is 6.43. The van der Waals surface area contributed by atoms with E-state index in [1.807, 2.05) is 0 Å². The molecule has 1 heteroatoms. The molecule has 0 saturated carbocycles. The van der Waals surface area contributed by atoms with Gasteiger partial charge in [-0.2, -0.15) is 0 Å². The molecule has 0 heterocycles. The molecule has 0 rings (SSSR count). The summed E-state index contributed by atoms with van der Waals surface area (Å²) < 4.78 is 0. The van der Waals surface area contributed by atoms with E-state index in [1.165, 1.54) is 16.8 Å². The molecular weight excluding hydrogens is 158 g/mol. The van der Waals surface area contributed by atoms with Gasteiger partial charge in [-0.1, -0.05) is 17.2 Å². The minimum absolute atomic E-state index is 1.24. The van der Waals surface area contributed by atoms with E-state index in [0.29, 0.717) is 0 Å². The van der Waals surface area contributed by atoms with Gasteiger partial charge in [-0.05, 0) is 40.7 Å². The first kappa shape index (κ1) is 12.0. The second-order valence-electron chi connectivity index (χ2n) is 3.75. The summed E-state index contributed by atoms with van der Waals surface area (Å²) in [6, 6.07) is 0. The molecule has 13 heavy (non-hydrogen) atoms. The van der Waals surface area contributed by atoms with Gasteiger partial charge in [-0.25, -0.2) is 0 Å². The molecule has 0 amide bonds. The Bertz CT molecular complexity index is 236. The second-order valence-corrected chi connectivity index (χ2v) is 3.75. The van der Waals surface area contributed by atoms with Gasteiger partial charge >= 0.3 is 0 Å². The molecular formula is C12H21N. The van der Waals surface area contributed by atoms with Crippen molar-refractivity contribution in [3.05, 3.63) is 35.2 Å². The van der Waals surface area contributed by atoms with Gasteiger partial charge in [0.15, 0.2) is 0 Å². The first-order valence-electron chi connectivity index (χ1n) is 4.66. The van der Waals surface area contributed by atoms with Crippen LogP contribution in [0.5, 0.6) is 0 Å². The molecule has 0 N–H and O–H groups in total. The second kappa shape index (κ2) is 5.63.